The van der Waals surface area contributed by atoms with Crippen LogP contribution in [0.25, 0.3) is 11.1 Å². The van der Waals surface area contributed by atoms with Crippen LogP contribution in [0.4, 0.5) is 0 Å². The molecule has 0 amide bonds. The summed E-state index contributed by atoms with van der Waals surface area (Å²) in [4.78, 5) is 6.52. The SMILES string of the molecule is CC1NNC2CC(c3ccc4oc([C@@H]5CCCN5C#N)nc4c3)CCC12. The predicted molar refractivity (Wildman–Crippen MR) is 97.9 cm³/mol. The van der Waals surface area contributed by atoms with Crippen LogP contribution in [0.15, 0.2) is 22.6 Å². The summed E-state index contributed by atoms with van der Waals surface area (Å²) >= 11 is 0. The van der Waals surface area contributed by atoms with Crippen LogP contribution < -0.4 is 10.9 Å². The highest BCUT2D eigenvalue weighted by molar-refractivity contribution is 5.73. The number of benzene rings is 1. The fourth-order valence-electron chi connectivity index (χ4n) is 5.11. The van der Waals surface area contributed by atoms with Crippen molar-refractivity contribution in [2.24, 2.45) is 5.92 Å². The molecule has 136 valence electrons. The molecule has 6 nitrogen and oxygen atoms in total. The fourth-order valence-corrected chi connectivity index (χ4v) is 5.11. The monoisotopic (exact) mass is 351 g/mol. The van der Waals surface area contributed by atoms with E-state index in [-0.39, 0.29) is 6.04 Å². The Morgan fingerprint density at radius 1 is 1.27 bits per heavy atom. The number of hydrogen-bond donors (Lipinski definition) is 2. The third-order valence-electron chi connectivity index (χ3n) is 6.61. The van der Waals surface area contributed by atoms with Gasteiger partial charge in [-0.1, -0.05) is 6.07 Å². The molecule has 1 aromatic heterocycles. The molecule has 2 aromatic rings. The number of hydrazine groups is 1. The van der Waals surface area contributed by atoms with Crippen LogP contribution in [0.5, 0.6) is 0 Å². The van der Waals surface area contributed by atoms with Crippen molar-refractivity contribution < 1.29 is 4.42 Å². The number of nitriles is 1. The molecule has 0 spiro atoms. The molecule has 0 bridgehead atoms. The molecule has 3 heterocycles. The minimum atomic E-state index is 0.00143. The Balaban J connectivity index is 1.39. The maximum absolute atomic E-state index is 9.28. The van der Waals surface area contributed by atoms with Gasteiger partial charge in [0.05, 0.1) is 0 Å². The highest BCUT2D eigenvalue weighted by Gasteiger charge is 2.38. The number of nitrogens with one attached hydrogen (secondary N) is 2. The molecule has 3 fully saturated rings. The first kappa shape index (κ1) is 16.1. The van der Waals surface area contributed by atoms with Crippen molar-refractivity contribution in [3.05, 3.63) is 29.7 Å². The van der Waals surface area contributed by atoms with E-state index < -0.39 is 0 Å². The van der Waals surface area contributed by atoms with Gasteiger partial charge in [-0.05, 0) is 68.6 Å². The molecule has 5 atom stereocenters. The summed E-state index contributed by atoms with van der Waals surface area (Å²) in [6.07, 6.45) is 7.89. The Morgan fingerprint density at radius 3 is 3.08 bits per heavy atom. The lowest BCUT2D eigenvalue weighted by atomic mass is 9.74. The Kier molecular flexibility index (Phi) is 3.87. The van der Waals surface area contributed by atoms with Gasteiger partial charge in [0.2, 0.25) is 5.89 Å². The number of nitrogens with zero attached hydrogens (tertiary/aromatic N) is 3. The first-order chi connectivity index (χ1) is 12.7. The van der Waals surface area contributed by atoms with Crippen molar-refractivity contribution in [3.8, 4) is 6.19 Å². The second-order valence-electron chi connectivity index (χ2n) is 8.09. The van der Waals surface area contributed by atoms with Crippen LogP contribution in [-0.4, -0.2) is 28.5 Å². The summed E-state index contributed by atoms with van der Waals surface area (Å²) in [5, 5.41) is 9.28. The number of likely N-dealkylation sites (tertiary alicyclic amines) is 1. The second-order valence-corrected chi connectivity index (χ2v) is 8.09. The Hall–Kier alpha value is -2.10. The molecule has 3 aliphatic rings. The topological polar surface area (TPSA) is 77.1 Å². The van der Waals surface area contributed by atoms with E-state index in [1.165, 1.54) is 24.8 Å². The molecule has 1 saturated carbocycles. The third kappa shape index (κ3) is 2.58. The summed E-state index contributed by atoms with van der Waals surface area (Å²) in [5.74, 6) is 2.01. The summed E-state index contributed by atoms with van der Waals surface area (Å²) < 4.78 is 5.98. The summed E-state index contributed by atoms with van der Waals surface area (Å²) in [5.41, 5.74) is 9.99. The van der Waals surface area contributed by atoms with Crippen LogP contribution in [-0.2, 0) is 0 Å². The first-order valence-electron chi connectivity index (χ1n) is 9.81. The van der Waals surface area contributed by atoms with E-state index in [0.717, 1.165) is 36.4 Å². The Morgan fingerprint density at radius 2 is 2.19 bits per heavy atom. The number of aromatic nitrogens is 1. The van der Waals surface area contributed by atoms with Crippen LogP contribution in [0.1, 0.15) is 62.4 Å². The lowest BCUT2D eigenvalue weighted by Crippen LogP contribution is -2.35. The van der Waals surface area contributed by atoms with Gasteiger partial charge in [0, 0.05) is 18.6 Å². The van der Waals surface area contributed by atoms with Crippen LogP contribution in [0, 0.1) is 17.4 Å². The summed E-state index contributed by atoms with van der Waals surface area (Å²) in [6.45, 7) is 3.07. The minimum Gasteiger partial charge on any atom is -0.438 e. The predicted octanol–water partition coefficient (Wildman–Crippen LogP) is 3.19. The molecular formula is C20H25N5O. The Bertz CT molecular complexity index is 855. The average molecular weight is 351 g/mol. The van der Waals surface area contributed by atoms with Crippen LogP contribution in [0.3, 0.4) is 0 Å². The van der Waals surface area contributed by atoms with Crippen LogP contribution in [0.2, 0.25) is 0 Å². The van der Waals surface area contributed by atoms with Gasteiger partial charge in [0.25, 0.3) is 0 Å². The van der Waals surface area contributed by atoms with Crippen molar-refractivity contribution >= 4 is 11.1 Å². The lowest BCUT2D eigenvalue weighted by Gasteiger charge is -2.32. The standard InChI is InChI=1S/C20H25N5O/c1-12-15-6-4-13(9-16(15)24-23-12)14-5-7-19-17(10-14)22-20(26-19)18-3-2-8-25(18)11-21/h5,7,10,12-13,15-16,18,23-24H,2-4,6,8-9H2,1H3/t12?,13?,15?,16?,18-/m0/s1. The van der Waals surface area contributed by atoms with Crippen LogP contribution >= 0.6 is 0 Å². The first-order valence-corrected chi connectivity index (χ1v) is 9.81. The third-order valence-corrected chi connectivity index (χ3v) is 6.61. The van der Waals surface area contributed by atoms with Gasteiger partial charge in [-0.3, -0.25) is 15.8 Å². The zero-order valence-electron chi connectivity index (χ0n) is 15.1. The van der Waals surface area contributed by atoms with Gasteiger partial charge in [-0.25, -0.2) is 4.98 Å². The van der Waals surface area contributed by atoms with E-state index in [1.807, 2.05) is 0 Å². The van der Waals surface area contributed by atoms with Crippen molar-refractivity contribution in [3.63, 3.8) is 0 Å². The molecule has 26 heavy (non-hydrogen) atoms. The quantitative estimate of drug-likeness (QED) is 0.809. The molecule has 1 aliphatic carbocycles. The molecule has 4 unspecified atom stereocenters. The normalized spacial score (nSPS) is 34.2. The Labute approximate surface area is 153 Å². The molecule has 2 N–H and O–H groups in total. The van der Waals surface area contributed by atoms with Gasteiger partial charge >= 0.3 is 0 Å². The van der Waals surface area contributed by atoms with Crippen molar-refractivity contribution in [2.75, 3.05) is 6.54 Å². The van der Waals surface area contributed by atoms with Crippen molar-refractivity contribution in [1.29, 1.82) is 5.26 Å². The molecule has 1 aromatic carbocycles. The van der Waals surface area contributed by atoms with Crippen molar-refractivity contribution in [1.82, 2.24) is 20.7 Å². The maximum atomic E-state index is 9.28. The number of hydrogen-bond acceptors (Lipinski definition) is 6. The maximum Gasteiger partial charge on any atom is 0.218 e. The number of fused-ring (bicyclic) bond motifs is 2. The zero-order valence-corrected chi connectivity index (χ0v) is 15.1. The van der Waals surface area contributed by atoms with Gasteiger partial charge in [0.1, 0.15) is 11.6 Å². The highest BCUT2D eigenvalue weighted by Crippen LogP contribution is 2.40. The molecule has 5 rings (SSSR count). The van der Waals surface area contributed by atoms with E-state index in [1.54, 1.807) is 4.90 Å². The molecular weight excluding hydrogens is 326 g/mol. The van der Waals surface area contributed by atoms with E-state index in [0.29, 0.717) is 23.9 Å². The number of oxazole rings is 1. The highest BCUT2D eigenvalue weighted by atomic mass is 16.3. The summed E-state index contributed by atoms with van der Waals surface area (Å²) in [6, 6.07) is 7.59. The van der Waals surface area contributed by atoms with Gasteiger partial charge in [-0.2, -0.15) is 5.26 Å². The fraction of sp³-hybridized carbons (Fsp3) is 0.600. The van der Waals surface area contributed by atoms with E-state index >= 15 is 0 Å². The van der Waals surface area contributed by atoms with Gasteiger partial charge < -0.3 is 4.42 Å². The van der Waals surface area contributed by atoms with E-state index in [9.17, 15) is 5.26 Å². The van der Waals surface area contributed by atoms with E-state index in [2.05, 4.69) is 42.2 Å². The number of rotatable bonds is 2. The molecule has 0 radical (unpaired) electrons. The minimum absolute atomic E-state index is 0.00143. The average Bonchev–Trinajstić information content (AvgIpc) is 3.38. The van der Waals surface area contributed by atoms with Gasteiger partial charge in [-0.15, -0.1) is 0 Å². The zero-order chi connectivity index (χ0) is 17.7. The largest absolute Gasteiger partial charge is 0.438 e. The van der Waals surface area contributed by atoms with Crippen molar-refractivity contribution in [2.45, 2.75) is 63.1 Å². The molecule has 2 aliphatic heterocycles. The lowest BCUT2D eigenvalue weighted by molar-refractivity contribution is 0.284. The second kappa shape index (κ2) is 6.26. The molecule has 2 saturated heterocycles. The molecule has 6 heteroatoms. The van der Waals surface area contributed by atoms with E-state index in [4.69, 9.17) is 9.40 Å². The summed E-state index contributed by atoms with van der Waals surface area (Å²) in [7, 11) is 0. The van der Waals surface area contributed by atoms with Gasteiger partial charge in [0.15, 0.2) is 11.8 Å². The smallest absolute Gasteiger partial charge is 0.218 e.